The number of nitrogens with zero attached hydrogens (tertiary/aromatic N) is 4. The first-order valence-corrected chi connectivity index (χ1v) is 10.4. The van der Waals surface area contributed by atoms with Crippen molar-refractivity contribution in [1.29, 1.82) is 0 Å². The van der Waals surface area contributed by atoms with E-state index in [9.17, 15) is 9.90 Å². The molecule has 152 valence electrons. The first-order valence-electron chi connectivity index (χ1n) is 10.4. The number of benzene rings is 1. The van der Waals surface area contributed by atoms with Gasteiger partial charge in [-0.2, -0.15) is 5.10 Å². The zero-order valence-electron chi connectivity index (χ0n) is 17.4. The van der Waals surface area contributed by atoms with Crippen LogP contribution in [0, 0.1) is 5.92 Å². The minimum Gasteiger partial charge on any atom is -0.465 e. The number of carbonyl (C=O) groups is 1. The Balaban J connectivity index is 1.61. The molecule has 0 spiro atoms. The van der Waals surface area contributed by atoms with E-state index in [1.54, 1.807) is 4.90 Å². The molecule has 1 amide bonds. The SMILES string of the molecule is C[C@H]1CC[C@H](c2ccc3nn([C@H]4CCN(C)C(C)(C)C4)cc3c2)N(C(=O)O)C1. The van der Waals surface area contributed by atoms with Gasteiger partial charge in [-0.25, -0.2) is 4.79 Å². The molecule has 28 heavy (non-hydrogen) atoms. The molecule has 1 aromatic carbocycles. The summed E-state index contributed by atoms with van der Waals surface area (Å²) in [5.74, 6) is 0.423. The fourth-order valence-corrected chi connectivity index (χ4v) is 4.87. The van der Waals surface area contributed by atoms with Gasteiger partial charge in [-0.15, -0.1) is 0 Å². The third kappa shape index (κ3) is 3.50. The van der Waals surface area contributed by atoms with Crippen molar-refractivity contribution in [2.45, 2.75) is 64.1 Å². The van der Waals surface area contributed by atoms with Crippen LogP contribution in [0.15, 0.2) is 24.4 Å². The molecule has 0 radical (unpaired) electrons. The average Bonchev–Trinajstić information content (AvgIpc) is 3.07. The van der Waals surface area contributed by atoms with Crippen LogP contribution in [-0.2, 0) is 0 Å². The molecule has 6 nitrogen and oxygen atoms in total. The first kappa shape index (κ1) is 19.2. The molecule has 3 atom stereocenters. The van der Waals surface area contributed by atoms with Gasteiger partial charge in [0.15, 0.2) is 0 Å². The largest absolute Gasteiger partial charge is 0.465 e. The number of piperidine rings is 2. The van der Waals surface area contributed by atoms with E-state index >= 15 is 0 Å². The Morgan fingerprint density at radius 2 is 2.04 bits per heavy atom. The molecular weight excluding hydrogens is 352 g/mol. The lowest BCUT2D eigenvalue weighted by Gasteiger charge is -2.43. The number of fused-ring (bicyclic) bond motifs is 1. The topological polar surface area (TPSA) is 61.6 Å². The Bertz CT molecular complexity index is 875. The van der Waals surface area contributed by atoms with Crippen molar-refractivity contribution in [2.75, 3.05) is 20.1 Å². The van der Waals surface area contributed by atoms with Crippen molar-refractivity contribution in [2.24, 2.45) is 5.92 Å². The zero-order chi connectivity index (χ0) is 20.1. The van der Waals surface area contributed by atoms with Gasteiger partial charge in [-0.1, -0.05) is 13.0 Å². The first-order chi connectivity index (χ1) is 13.2. The van der Waals surface area contributed by atoms with E-state index in [0.29, 0.717) is 18.5 Å². The van der Waals surface area contributed by atoms with Crippen LogP contribution in [0.2, 0.25) is 0 Å². The third-order valence-corrected chi connectivity index (χ3v) is 6.93. The molecule has 2 aromatic rings. The maximum Gasteiger partial charge on any atom is 0.407 e. The second-order valence-corrected chi connectivity index (χ2v) is 9.44. The second kappa shape index (κ2) is 7.07. The molecule has 0 bridgehead atoms. The Hall–Kier alpha value is -2.08. The van der Waals surface area contributed by atoms with Crippen LogP contribution >= 0.6 is 0 Å². The monoisotopic (exact) mass is 384 g/mol. The van der Waals surface area contributed by atoms with Gasteiger partial charge in [0.25, 0.3) is 0 Å². The molecule has 2 fully saturated rings. The van der Waals surface area contributed by atoms with Crippen LogP contribution in [0.5, 0.6) is 0 Å². The highest BCUT2D eigenvalue weighted by Gasteiger charge is 2.34. The molecule has 0 aliphatic carbocycles. The van der Waals surface area contributed by atoms with Crippen molar-refractivity contribution in [3.8, 4) is 0 Å². The zero-order valence-corrected chi connectivity index (χ0v) is 17.4. The number of aromatic nitrogens is 2. The molecule has 1 aromatic heterocycles. The van der Waals surface area contributed by atoms with E-state index in [2.05, 4.69) is 61.8 Å². The molecule has 4 rings (SSSR count). The van der Waals surface area contributed by atoms with Crippen LogP contribution in [0.3, 0.4) is 0 Å². The van der Waals surface area contributed by atoms with Crippen molar-refractivity contribution in [3.63, 3.8) is 0 Å². The highest BCUT2D eigenvalue weighted by Crippen LogP contribution is 2.36. The minimum absolute atomic E-state index is 0.0521. The summed E-state index contributed by atoms with van der Waals surface area (Å²) in [7, 11) is 2.20. The second-order valence-electron chi connectivity index (χ2n) is 9.44. The van der Waals surface area contributed by atoms with Gasteiger partial charge >= 0.3 is 6.09 Å². The van der Waals surface area contributed by atoms with E-state index in [4.69, 9.17) is 5.10 Å². The predicted octanol–water partition coefficient (Wildman–Crippen LogP) is 4.53. The van der Waals surface area contributed by atoms with Gasteiger partial charge in [0.2, 0.25) is 0 Å². The molecule has 0 unspecified atom stereocenters. The van der Waals surface area contributed by atoms with E-state index in [1.807, 2.05) is 0 Å². The number of hydrogen-bond donors (Lipinski definition) is 1. The lowest BCUT2D eigenvalue weighted by Crippen LogP contribution is -2.47. The smallest absolute Gasteiger partial charge is 0.407 e. The summed E-state index contributed by atoms with van der Waals surface area (Å²) in [4.78, 5) is 15.8. The van der Waals surface area contributed by atoms with Crippen molar-refractivity contribution in [1.82, 2.24) is 19.6 Å². The fourth-order valence-electron chi connectivity index (χ4n) is 4.87. The number of rotatable bonds is 2. The Morgan fingerprint density at radius 1 is 1.25 bits per heavy atom. The van der Waals surface area contributed by atoms with E-state index in [-0.39, 0.29) is 11.6 Å². The summed E-state index contributed by atoms with van der Waals surface area (Å²) in [6.45, 7) is 8.41. The van der Waals surface area contributed by atoms with Crippen LogP contribution in [0.1, 0.15) is 64.1 Å². The highest BCUT2D eigenvalue weighted by molar-refractivity contribution is 5.79. The fraction of sp³-hybridized carbons (Fsp3) is 0.636. The summed E-state index contributed by atoms with van der Waals surface area (Å²) >= 11 is 0. The Labute approximate surface area is 167 Å². The quantitative estimate of drug-likeness (QED) is 0.826. The minimum atomic E-state index is -0.819. The van der Waals surface area contributed by atoms with Gasteiger partial charge < -0.3 is 14.9 Å². The number of carboxylic acid groups (broad SMARTS) is 1. The number of likely N-dealkylation sites (tertiary alicyclic amines) is 2. The standard InChI is InChI=1S/C22H32N4O2/c1-15-5-8-20(25(13-15)21(27)28)16-6-7-19-17(11-16)14-26(23-19)18-9-10-24(4)22(2,3)12-18/h6-7,11,14-15,18,20H,5,8-10,12-13H2,1-4H3,(H,27,28)/t15-,18-,20+/m0/s1. The lowest BCUT2D eigenvalue weighted by molar-refractivity contribution is 0.0721. The molecule has 1 N–H and O–H groups in total. The van der Waals surface area contributed by atoms with Crippen LogP contribution in [-0.4, -0.2) is 56.5 Å². The molecule has 2 aliphatic rings. The molecule has 6 heteroatoms. The summed E-state index contributed by atoms with van der Waals surface area (Å²) in [5, 5.41) is 15.6. The van der Waals surface area contributed by atoms with Crippen LogP contribution in [0.4, 0.5) is 4.79 Å². The average molecular weight is 385 g/mol. The molecule has 2 saturated heterocycles. The van der Waals surface area contributed by atoms with Gasteiger partial charge in [-0.3, -0.25) is 4.68 Å². The van der Waals surface area contributed by atoms with Crippen molar-refractivity contribution >= 4 is 17.0 Å². The highest BCUT2D eigenvalue weighted by atomic mass is 16.4. The van der Waals surface area contributed by atoms with Gasteiger partial charge in [0.05, 0.1) is 17.6 Å². The maximum absolute atomic E-state index is 11.8. The van der Waals surface area contributed by atoms with E-state index in [1.165, 1.54) is 0 Å². The van der Waals surface area contributed by atoms with Gasteiger partial charge in [-0.05, 0) is 70.2 Å². The van der Waals surface area contributed by atoms with Crippen molar-refractivity contribution < 1.29 is 9.90 Å². The Morgan fingerprint density at radius 3 is 2.75 bits per heavy atom. The van der Waals surface area contributed by atoms with E-state index in [0.717, 1.165) is 48.7 Å². The number of amides is 1. The molecule has 2 aliphatic heterocycles. The third-order valence-electron chi connectivity index (χ3n) is 6.93. The summed E-state index contributed by atoms with van der Waals surface area (Å²) < 4.78 is 2.14. The van der Waals surface area contributed by atoms with Gasteiger partial charge in [0.1, 0.15) is 0 Å². The molecular formula is C22H32N4O2. The number of hydrogen-bond acceptors (Lipinski definition) is 3. The van der Waals surface area contributed by atoms with Crippen molar-refractivity contribution in [3.05, 3.63) is 30.0 Å². The molecule has 0 saturated carbocycles. The summed E-state index contributed by atoms with van der Waals surface area (Å²) in [5.41, 5.74) is 2.25. The summed E-state index contributed by atoms with van der Waals surface area (Å²) in [6.07, 6.45) is 5.47. The normalized spacial score (nSPS) is 28.6. The Kier molecular flexibility index (Phi) is 4.86. The van der Waals surface area contributed by atoms with E-state index < -0.39 is 6.09 Å². The maximum atomic E-state index is 11.8. The van der Waals surface area contributed by atoms with Crippen LogP contribution < -0.4 is 0 Å². The summed E-state index contributed by atoms with van der Waals surface area (Å²) in [6, 6.07) is 6.63. The van der Waals surface area contributed by atoms with Crippen LogP contribution in [0.25, 0.3) is 10.9 Å². The molecule has 3 heterocycles. The van der Waals surface area contributed by atoms with Gasteiger partial charge in [0, 0.05) is 30.2 Å². The predicted molar refractivity (Wildman–Crippen MR) is 111 cm³/mol. The lowest BCUT2D eigenvalue weighted by atomic mass is 9.87.